The Hall–Kier alpha value is -1.77. The first-order valence-electron chi connectivity index (χ1n) is 9.23. The van der Waals surface area contributed by atoms with Gasteiger partial charge in [0.2, 0.25) is 0 Å². The summed E-state index contributed by atoms with van der Waals surface area (Å²) in [7, 11) is 0. The van der Waals surface area contributed by atoms with Crippen molar-refractivity contribution in [1.29, 1.82) is 0 Å². The zero-order chi connectivity index (χ0) is 18.1. The summed E-state index contributed by atoms with van der Waals surface area (Å²) in [6.07, 6.45) is 1.96. The third kappa shape index (κ3) is 3.41. The molecule has 2 aliphatic rings. The number of hydrogen-bond donors (Lipinski definition) is 1. The van der Waals surface area contributed by atoms with Gasteiger partial charge in [-0.15, -0.1) is 5.10 Å². The first-order valence-corrected chi connectivity index (χ1v) is 10.2. The van der Waals surface area contributed by atoms with Gasteiger partial charge in [-0.1, -0.05) is 5.21 Å². The van der Waals surface area contributed by atoms with Gasteiger partial charge in [0.25, 0.3) is 5.91 Å². The van der Waals surface area contributed by atoms with Crippen molar-refractivity contribution in [3.8, 4) is 0 Å². The van der Waals surface area contributed by atoms with E-state index in [1.807, 2.05) is 28.8 Å². The summed E-state index contributed by atoms with van der Waals surface area (Å²) < 4.78 is 7.98. The second-order valence-electron chi connectivity index (χ2n) is 7.15. The molecule has 26 heavy (non-hydrogen) atoms. The van der Waals surface area contributed by atoms with Crippen LogP contribution in [-0.2, 0) is 4.74 Å². The second kappa shape index (κ2) is 7.46. The molecule has 2 aromatic heterocycles. The number of carbonyl (C=O) groups is 1. The summed E-state index contributed by atoms with van der Waals surface area (Å²) in [4.78, 5) is 15.0. The van der Waals surface area contributed by atoms with E-state index in [-0.39, 0.29) is 18.1 Å². The number of hydrogen-bond acceptors (Lipinski definition) is 6. The summed E-state index contributed by atoms with van der Waals surface area (Å²) in [5, 5.41) is 16.0. The molecule has 7 nitrogen and oxygen atoms in total. The first-order chi connectivity index (χ1) is 12.6. The Morgan fingerprint density at radius 2 is 2.15 bits per heavy atom. The molecule has 0 saturated carbocycles. The van der Waals surface area contributed by atoms with Crippen LogP contribution >= 0.6 is 11.3 Å². The van der Waals surface area contributed by atoms with Gasteiger partial charge >= 0.3 is 0 Å². The van der Waals surface area contributed by atoms with Crippen molar-refractivity contribution >= 4 is 17.2 Å². The Morgan fingerprint density at radius 1 is 1.35 bits per heavy atom. The molecule has 2 fully saturated rings. The molecule has 2 saturated heterocycles. The fraction of sp³-hybridized carbons (Fsp3) is 0.611. The number of morpholine rings is 1. The van der Waals surface area contributed by atoms with Crippen LogP contribution in [0.3, 0.4) is 0 Å². The zero-order valence-electron chi connectivity index (χ0n) is 15.2. The minimum Gasteiger partial charge on any atom is -0.367 e. The lowest BCUT2D eigenvalue weighted by Gasteiger charge is -2.36. The highest BCUT2D eigenvalue weighted by atomic mass is 32.1. The lowest BCUT2D eigenvalue weighted by molar-refractivity contribution is -0.0691. The van der Waals surface area contributed by atoms with Crippen LogP contribution in [0.2, 0.25) is 0 Å². The fourth-order valence-corrected chi connectivity index (χ4v) is 4.55. The average Bonchev–Trinajstić information content (AvgIpc) is 3.31. The quantitative estimate of drug-likeness (QED) is 0.890. The summed E-state index contributed by atoms with van der Waals surface area (Å²) >= 11 is 1.65. The van der Waals surface area contributed by atoms with Crippen molar-refractivity contribution in [3.05, 3.63) is 33.8 Å². The van der Waals surface area contributed by atoms with Crippen LogP contribution in [0.15, 0.2) is 16.8 Å². The smallest absolute Gasteiger partial charge is 0.276 e. The Bertz CT molecular complexity index is 754. The van der Waals surface area contributed by atoms with Gasteiger partial charge in [-0.3, -0.25) is 4.79 Å². The number of carbonyl (C=O) groups excluding carboxylic acids is 1. The van der Waals surface area contributed by atoms with Gasteiger partial charge in [0, 0.05) is 6.54 Å². The maximum atomic E-state index is 13.1. The number of nitrogens with zero attached hydrogens (tertiary/aromatic N) is 4. The molecule has 0 bridgehead atoms. The second-order valence-corrected chi connectivity index (χ2v) is 7.93. The van der Waals surface area contributed by atoms with Gasteiger partial charge in [0.1, 0.15) is 6.10 Å². The van der Waals surface area contributed by atoms with Crippen LogP contribution in [0.4, 0.5) is 0 Å². The van der Waals surface area contributed by atoms with E-state index >= 15 is 0 Å². The molecule has 2 aliphatic heterocycles. The lowest BCUT2D eigenvalue weighted by Crippen LogP contribution is -2.46. The van der Waals surface area contributed by atoms with E-state index in [0.29, 0.717) is 24.8 Å². The minimum atomic E-state index is -0.0753. The number of thiophene rings is 1. The van der Waals surface area contributed by atoms with E-state index in [1.165, 1.54) is 0 Å². The summed E-state index contributed by atoms with van der Waals surface area (Å²) in [5.41, 5.74) is 2.48. The molecule has 4 rings (SSSR count). The maximum absolute atomic E-state index is 13.1. The van der Waals surface area contributed by atoms with E-state index in [4.69, 9.17) is 4.74 Å². The molecule has 0 radical (unpaired) electrons. The predicted octanol–water partition coefficient (Wildman–Crippen LogP) is 2.17. The molecule has 0 unspecified atom stereocenters. The fourth-order valence-electron chi connectivity index (χ4n) is 3.85. The number of nitrogens with one attached hydrogen (secondary N) is 1. The third-order valence-electron chi connectivity index (χ3n) is 5.25. The molecule has 0 aromatic carbocycles. The highest BCUT2D eigenvalue weighted by Crippen LogP contribution is 2.28. The van der Waals surface area contributed by atoms with E-state index < -0.39 is 0 Å². The SMILES string of the molecule is Cc1c(C(=O)N2C[C@@H](C)O[C@@H](c3ccsc3)C2)nnn1C1CCNCC1. The molecule has 140 valence electrons. The Morgan fingerprint density at radius 3 is 2.88 bits per heavy atom. The van der Waals surface area contributed by atoms with E-state index in [2.05, 4.69) is 27.1 Å². The Balaban J connectivity index is 1.52. The van der Waals surface area contributed by atoms with Gasteiger partial charge < -0.3 is 15.0 Å². The normalized spacial score (nSPS) is 24.8. The summed E-state index contributed by atoms with van der Waals surface area (Å²) in [6, 6.07) is 2.39. The van der Waals surface area contributed by atoms with E-state index in [0.717, 1.165) is 37.2 Å². The van der Waals surface area contributed by atoms with Crippen LogP contribution in [0.1, 0.15) is 53.7 Å². The van der Waals surface area contributed by atoms with Crippen molar-refractivity contribution in [1.82, 2.24) is 25.2 Å². The number of piperidine rings is 1. The lowest BCUT2D eigenvalue weighted by atomic mass is 10.1. The molecule has 1 amide bonds. The van der Waals surface area contributed by atoms with Crippen LogP contribution in [0, 0.1) is 6.92 Å². The summed E-state index contributed by atoms with van der Waals surface area (Å²) in [5.74, 6) is -0.0435. The van der Waals surface area contributed by atoms with Crippen molar-refractivity contribution in [3.63, 3.8) is 0 Å². The first kappa shape index (κ1) is 17.6. The monoisotopic (exact) mass is 375 g/mol. The van der Waals surface area contributed by atoms with Crippen molar-refractivity contribution < 1.29 is 9.53 Å². The van der Waals surface area contributed by atoms with Crippen LogP contribution in [0.5, 0.6) is 0 Å². The summed E-state index contributed by atoms with van der Waals surface area (Å²) in [6.45, 7) is 7.07. The third-order valence-corrected chi connectivity index (χ3v) is 5.95. The molecule has 2 atom stereocenters. The van der Waals surface area contributed by atoms with Gasteiger partial charge in [-0.25, -0.2) is 4.68 Å². The molecular weight excluding hydrogens is 350 g/mol. The molecule has 2 aromatic rings. The largest absolute Gasteiger partial charge is 0.367 e. The number of rotatable bonds is 3. The Labute approximate surface area is 157 Å². The van der Waals surface area contributed by atoms with Crippen LogP contribution < -0.4 is 5.32 Å². The molecule has 4 heterocycles. The topological polar surface area (TPSA) is 72.3 Å². The van der Waals surface area contributed by atoms with Crippen LogP contribution in [0.25, 0.3) is 0 Å². The van der Waals surface area contributed by atoms with Gasteiger partial charge in [-0.2, -0.15) is 11.3 Å². The van der Waals surface area contributed by atoms with Crippen molar-refractivity contribution in [2.75, 3.05) is 26.2 Å². The van der Waals surface area contributed by atoms with E-state index in [9.17, 15) is 4.79 Å². The van der Waals surface area contributed by atoms with Gasteiger partial charge in [-0.05, 0) is 62.2 Å². The molecule has 0 aliphatic carbocycles. The molecular formula is C18H25N5O2S. The molecule has 0 spiro atoms. The number of aromatic nitrogens is 3. The van der Waals surface area contributed by atoms with Gasteiger partial charge in [0.05, 0.1) is 24.4 Å². The van der Waals surface area contributed by atoms with Crippen LogP contribution in [-0.4, -0.2) is 58.1 Å². The minimum absolute atomic E-state index is 0.00244. The maximum Gasteiger partial charge on any atom is 0.276 e. The Kier molecular flexibility index (Phi) is 5.06. The molecule has 8 heteroatoms. The highest BCUT2D eigenvalue weighted by Gasteiger charge is 2.33. The number of ether oxygens (including phenoxy) is 1. The average molecular weight is 375 g/mol. The van der Waals surface area contributed by atoms with Gasteiger partial charge in [0.15, 0.2) is 5.69 Å². The van der Waals surface area contributed by atoms with E-state index in [1.54, 1.807) is 11.3 Å². The number of amides is 1. The zero-order valence-corrected chi connectivity index (χ0v) is 16.0. The standard InChI is InChI=1S/C18H25N5O2S/c1-12-9-22(10-16(25-12)14-5-8-26-11-14)18(24)17-13(2)23(21-20-17)15-3-6-19-7-4-15/h5,8,11-12,15-16,19H,3-4,6-7,9-10H2,1-2H3/t12-,16-/m1/s1. The highest BCUT2D eigenvalue weighted by molar-refractivity contribution is 7.07. The van der Waals surface area contributed by atoms with Crippen molar-refractivity contribution in [2.24, 2.45) is 0 Å². The molecule has 1 N–H and O–H groups in total. The van der Waals surface area contributed by atoms with Crippen molar-refractivity contribution in [2.45, 2.75) is 44.9 Å². The predicted molar refractivity (Wildman–Crippen MR) is 99.4 cm³/mol.